The van der Waals surface area contributed by atoms with Crippen LogP contribution in [0.2, 0.25) is 0 Å². The third-order valence-corrected chi connectivity index (χ3v) is 5.01. The molecule has 0 spiro atoms. The summed E-state index contributed by atoms with van der Waals surface area (Å²) in [4.78, 5) is 22.4. The number of nitrogens with zero attached hydrogens (tertiary/aromatic N) is 5. The van der Waals surface area contributed by atoms with Crippen molar-refractivity contribution in [3.05, 3.63) is 48.2 Å². The summed E-state index contributed by atoms with van der Waals surface area (Å²) in [5, 5.41) is 4.24. The van der Waals surface area contributed by atoms with Crippen molar-refractivity contribution >= 4 is 22.6 Å². The first-order valence-corrected chi connectivity index (χ1v) is 10.3. The van der Waals surface area contributed by atoms with Crippen molar-refractivity contribution in [2.45, 2.75) is 39.7 Å². The monoisotopic (exact) mass is 418 g/mol. The van der Waals surface area contributed by atoms with Crippen LogP contribution < -0.4 is 10.1 Å². The van der Waals surface area contributed by atoms with Gasteiger partial charge in [-0.05, 0) is 51.3 Å². The molecule has 0 bridgehead atoms. The predicted molar refractivity (Wildman–Crippen MR) is 121 cm³/mol. The molecule has 0 radical (unpaired) electrons. The molecular weight excluding hydrogens is 392 g/mol. The van der Waals surface area contributed by atoms with E-state index in [4.69, 9.17) is 9.47 Å². The zero-order valence-electron chi connectivity index (χ0n) is 18.2. The molecule has 4 rings (SSSR count). The van der Waals surface area contributed by atoms with Crippen LogP contribution in [0.5, 0.6) is 5.75 Å². The molecule has 0 saturated carbocycles. The number of ether oxygens (including phenoxy) is 2. The number of methoxy groups -OCH3 is 1. The van der Waals surface area contributed by atoms with Gasteiger partial charge in [0.25, 0.3) is 0 Å². The SMILES string of the molecule is COc1cc(-c2ncc(C)cn2)cc2c(NC(C)/C3=N/C(C)=C/CCCO3)ncnc12. The smallest absolute Gasteiger partial charge is 0.211 e. The van der Waals surface area contributed by atoms with Crippen molar-refractivity contribution < 1.29 is 9.47 Å². The van der Waals surface area contributed by atoms with Gasteiger partial charge in [-0.25, -0.2) is 24.9 Å². The Balaban J connectivity index is 1.74. The molecule has 8 heteroatoms. The molecule has 0 aliphatic carbocycles. The Morgan fingerprint density at radius 2 is 1.90 bits per heavy atom. The van der Waals surface area contributed by atoms with E-state index in [0.29, 0.717) is 35.4 Å². The summed E-state index contributed by atoms with van der Waals surface area (Å²) in [6, 6.07) is 3.69. The molecule has 2 aromatic heterocycles. The fourth-order valence-electron chi connectivity index (χ4n) is 3.39. The zero-order chi connectivity index (χ0) is 21.8. The number of hydrogen-bond acceptors (Lipinski definition) is 8. The van der Waals surface area contributed by atoms with Crippen molar-refractivity contribution in [3.8, 4) is 17.1 Å². The molecular formula is C23H26N6O2. The van der Waals surface area contributed by atoms with E-state index in [-0.39, 0.29) is 6.04 Å². The Kier molecular flexibility index (Phi) is 6.06. The number of fused-ring (bicyclic) bond motifs is 1. The molecule has 1 aliphatic heterocycles. The molecule has 160 valence electrons. The van der Waals surface area contributed by atoms with Crippen LogP contribution >= 0.6 is 0 Å². The standard InChI is InChI=1S/C23H26N6O2/c1-14-11-24-21(25-12-14)17-9-18-20(19(10-17)30-4)26-13-27-22(18)29-16(3)23-28-15(2)7-5-6-8-31-23/h7,9-13,16H,5-6,8H2,1-4H3,(H,26,27,29)/b15-7+,28-23-. The van der Waals surface area contributed by atoms with Crippen molar-refractivity contribution in [2.24, 2.45) is 4.99 Å². The first kappa shape index (κ1) is 20.7. The number of nitrogens with one attached hydrogen (secondary N) is 1. The van der Waals surface area contributed by atoms with Gasteiger partial charge >= 0.3 is 0 Å². The van der Waals surface area contributed by atoms with Crippen molar-refractivity contribution in [1.29, 1.82) is 0 Å². The van der Waals surface area contributed by atoms with Crippen molar-refractivity contribution in [3.63, 3.8) is 0 Å². The lowest BCUT2D eigenvalue weighted by Gasteiger charge is -2.20. The van der Waals surface area contributed by atoms with E-state index in [1.165, 1.54) is 6.33 Å². The minimum atomic E-state index is -0.176. The quantitative estimate of drug-likeness (QED) is 0.659. The van der Waals surface area contributed by atoms with E-state index in [1.807, 2.05) is 32.9 Å². The van der Waals surface area contributed by atoms with Gasteiger partial charge in [0, 0.05) is 29.0 Å². The second-order valence-electron chi connectivity index (χ2n) is 7.53. The summed E-state index contributed by atoms with van der Waals surface area (Å²) >= 11 is 0. The van der Waals surface area contributed by atoms with Gasteiger partial charge in [0.1, 0.15) is 29.5 Å². The highest BCUT2D eigenvalue weighted by atomic mass is 16.5. The maximum absolute atomic E-state index is 5.91. The Morgan fingerprint density at radius 1 is 1.10 bits per heavy atom. The lowest BCUT2D eigenvalue weighted by molar-refractivity contribution is 0.286. The number of allylic oxidation sites excluding steroid dienone is 2. The van der Waals surface area contributed by atoms with Gasteiger partial charge in [-0.1, -0.05) is 6.08 Å². The van der Waals surface area contributed by atoms with Crippen LogP contribution in [-0.4, -0.2) is 45.6 Å². The van der Waals surface area contributed by atoms with Gasteiger partial charge < -0.3 is 14.8 Å². The third kappa shape index (κ3) is 4.63. The van der Waals surface area contributed by atoms with E-state index in [9.17, 15) is 0 Å². The maximum atomic E-state index is 5.91. The summed E-state index contributed by atoms with van der Waals surface area (Å²) in [6.45, 7) is 6.59. The molecule has 8 nitrogen and oxygen atoms in total. The summed E-state index contributed by atoms with van der Waals surface area (Å²) < 4.78 is 11.5. The van der Waals surface area contributed by atoms with Gasteiger partial charge in [-0.2, -0.15) is 0 Å². The van der Waals surface area contributed by atoms with E-state index in [1.54, 1.807) is 19.5 Å². The van der Waals surface area contributed by atoms with E-state index >= 15 is 0 Å². The topological polar surface area (TPSA) is 94.4 Å². The number of benzene rings is 1. The third-order valence-electron chi connectivity index (χ3n) is 5.01. The molecule has 1 aliphatic rings. The molecule has 1 aromatic carbocycles. The molecule has 0 fully saturated rings. The van der Waals surface area contributed by atoms with Crippen LogP contribution in [-0.2, 0) is 4.74 Å². The molecule has 0 saturated heterocycles. The Labute approximate surface area is 181 Å². The van der Waals surface area contributed by atoms with Crippen LogP contribution in [0.4, 0.5) is 5.82 Å². The van der Waals surface area contributed by atoms with E-state index < -0.39 is 0 Å². The van der Waals surface area contributed by atoms with Crippen LogP contribution in [0.3, 0.4) is 0 Å². The number of hydrogen-bond donors (Lipinski definition) is 1. The van der Waals surface area contributed by atoms with Gasteiger partial charge in [0.05, 0.1) is 13.7 Å². The summed E-state index contributed by atoms with van der Waals surface area (Å²) in [5.41, 5.74) is 3.49. The van der Waals surface area contributed by atoms with Gasteiger partial charge in [0.15, 0.2) is 5.82 Å². The van der Waals surface area contributed by atoms with Crippen molar-refractivity contribution in [1.82, 2.24) is 19.9 Å². The second-order valence-corrected chi connectivity index (χ2v) is 7.53. The lowest BCUT2D eigenvalue weighted by Crippen LogP contribution is -2.30. The summed E-state index contributed by atoms with van der Waals surface area (Å²) in [6.07, 6.45) is 9.19. The van der Waals surface area contributed by atoms with Crippen molar-refractivity contribution in [2.75, 3.05) is 19.0 Å². The van der Waals surface area contributed by atoms with Crippen LogP contribution in [0.1, 0.15) is 32.3 Å². The number of aryl methyl sites for hydroxylation is 1. The molecule has 1 N–H and O–H groups in total. The van der Waals surface area contributed by atoms with Gasteiger partial charge in [-0.3, -0.25) is 0 Å². The number of aliphatic imine (C=N–C) groups is 1. The number of rotatable bonds is 5. The van der Waals surface area contributed by atoms with Crippen LogP contribution in [0.25, 0.3) is 22.3 Å². The Hall–Kier alpha value is -3.55. The highest BCUT2D eigenvalue weighted by Crippen LogP contribution is 2.33. The van der Waals surface area contributed by atoms with Gasteiger partial charge in [0.2, 0.25) is 5.90 Å². The molecule has 3 aromatic rings. The Morgan fingerprint density at radius 3 is 2.68 bits per heavy atom. The summed E-state index contributed by atoms with van der Waals surface area (Å²) in [7, 11) is 1.62. The van der Waals surface area contributed by atoms with Gasteiger partial charge in [-0.15, -0.1) is 0 Å². The lowest BCUT2D eigenvalue weighted by atomic mass is 10.1. The highest BCUT2D eigenvalue weighted by Gasteiger charge is 2.18. The molecule has 3 heterocycles. The molecule has 0 amide bonds. The normalized spacial score (nSPS) is 18.6. The fraction of sp³-hybridized carbons (Fsp3) is 0.348. The first-order chi connectivity index (χ1) is 15.0. The predicted octanol–water partition coefficient (Wildman–Crippen LogP) is 4.32. The summed E-state index contributed by atoms with van der Waals surface area (Å²) in [5.74, 6) is 2.56. The largest absolute Gasteiger partial charge is 0.494 e. The van der Waals surface area contributed by atoms with Crippen LogP contribution in [0, 0.1) is 6.92 Å². The van der Waals surface area contributed by atoms with E-state index in [0.717, 1.165) is 35.1 Å². The average molecular weight is 419 g/mol. The van der Waals surface area contributed by atoms with Crippen LogP contribution in [0.15, 0.2) is 47.6 Å². The highest BCUT2D eigenvalue weighted by molar-refractivity contribution is 5.97. The minimum Gasteiger partial charge on any atom is -0.494 e. The molecule has 31 heavy (non-hydrogen) atoms. The van der Waals surface area contributed by atoms with E-state index in [2.05, 4.69) is 36.3 Å². The minimum absolute atomic E-state index is 0.176. The number of aromatic nitrogens is 4. The zero-order valence-corrected chi connectivity index (χ0v) is 18.2. The maximum Gasteiger partial charge on any atom is 0.211 e. The second kappa shape index (κ2) is 9.07. The first-order valence-electron chi connectivity index (χ1n) is 10.3. The average Bonchev–Trinajstić information content (AvgIpc) is 2.76. The molecule has 1 atom stereocenters. The molecule has 1 unspecified atom stereocenters. The number of anilines is 1. The Bertz CT molecular complexity index is 1140. The fourth-order valence-corrected chi connectivity index (χ4v) is 3.39.